The van der Waals surface area contributed by atoms with E-state index in [4.69, 9.17) is 16.3 Å². The van der Waals surface area contributed by atoms with Gasteiger partial charge in [0.05, 0.1) is 7.11 Å². The predicted molar refractivity (Wildman–Crippen MR) is 77.8 cm³/mol. The number of hydrogen-bond donors (Lipinski definition) is 0. The molecule has 19 heavy (non-hydrogen) atoms. The third-order valence-corrected chi connectivity index (χ3v) is 2.87. The van der Waals surface area contributed by atoms with E-state index < -0.39 is 0 Å². The number of ketones is 1. The van der Waals surface area contributed by atoms with E-state index in [0.29, 0.717) is 16.3 Å². The Morgan fingerprint density at radius 2 is 1.95 bits per heavy atom. The molecule has 0 atom stereocenters. The summed E-state index contributed by atoms with van der Waals surface area (Å²) in [6, 6.07) is 14.4. The Bertz CT molecular complexity index is 618. The lowest BCUT2D eigenvalue weighted by Gasteiger charge is -2.01. The molecule has 2 nitrogen and oxygen atoms in total. The van der Waals surface area contributed by atoms with Crippen LogP contribution in [0.5, 0.6) is 5.75 Å². The molecule has 3 heteroatoms. The molecule has 2 rings (SSSR count). The highest BCUT2D eigenvalue weighted by Crippen LogP contribution is 2.15. The van der Waals surface area contributed by atoms with Crippen LogP contribution in [0.4, 0.5) is 0 Å². The number of carbonyl (C=O) groups is 1. The molecule has 0 aliphatic carbocycles. The third kappa shape index (κ3) is 3.70. The first kappa shape index (κ1) is 13.4. The lowest BCUT2D eigenvalue weighted by molar-refractivity contribution is 0.104. The monoisotopic (exact) mass is 272 g/mol. The summed E-state index contributed by atoms with van der Waals surface area (Å²) in [6.07, 6.45) is 3.27. The van der Waals surface area contributed by atoms with Crippen molar-refractivity contribution in [3.8, 4) is 5.75 Å². The van der Waals surface area contributed by atoms with Crippen molar-refractivity contribution >= 4 is 23.5 Å². The number of methoxy groups -OCH3 is 1. The fourth-order valence-corrected chi connectivity index (χ4v) is 1.85. The van der Waals surface area contributed by atoms with E-state index in [9.17, 15) is 4.79 Å². The third-order valence-electron chi connectivity index (χ3n) is 2.63. The van der Waals surface area contributed by atoms with Crippen molar-refractivity contribution in [2.45, 2.75) is 0 Å². The van der Waals surface area contributed by atoms with Crippen LogP contribution in [0.25, 0.3) is 6.08 Å². The van der Waals surface area contributed by atoms with Crippen LogP contribution in [0.15, 0.2) is 54.6 Å². The molecular formula is C16H13ClO2. The molecule has 2 aromatic rings. The van der Waals surface area contributed by atoms with Crippen LogP contribution in [0, 0.1) is 0 Å². The van der Waals surface area contributed by atoms with Gasteiger partial charge in [0.25, 0.3) is 0 Å². The highest BCUT2D eigenvalue weighted by molar-refractivity contribution is 6.30. The van der Waals surface area contributed by atoms with Crippen molar-refractivity contribution in [3.05, 3.63) is 70.8 Å². The number of carbonyl (C=O) groups excluding carboxylic acids is 1. The van der Waals surface area contributed by atoms with Crippen LogP contribution >= 0.6 is 11.6 Å². The standard InChI is InChI=1S/C16H13ClO2/c1-19-15-7-3-5-13(11-15)16(18)9-8-12-4-2-6-14(17)10-12/h2-11H,1H3/b9-8+. The zero-order chi connectivity index (χ0) is 13.7. The second-order valence-electron chi connectivity index (χ2n) is 3.98. The molecule has 0 aliphatic rings. The van der Waals surface area contributed by atoms with Gasteiger partial charge in [0, 0.05) is 10.6 Å². The maximum atomic E-state index is 12.0. The molecule has 0 saturated carbocycles. The van der Waals surface area contributed by atoms with Gasteiger partial charge < -0.3 is 4.74 Å². The topological polar surface area (TPSA) is 26.3 Å². The van der Waals surface area contributed by atoms with Gasteiger partial charge in [-0.3, -0.25) is 4.79 Å². The molecule has 0 N–H and O–H groups in total. The maximum Gasteiger partial charge on any atom is 0.185 e. The SMILES string of the molecule is COc1cccc(C(=O)/C=C/c2cccc(Cl)c2)c1. The summed E-state index contributed by atoms with van der Waals surface area (Å²) in [5, 5.41) is 0.649. The minimum atomic E-state index is -0.0705. The maximum absolute atomic E-state index is 12.0. The van der Waals surface area contributed by atoms with Crippen LogP contribution < -0.4 is 4.74 Å². The van der Waals surface area contributed by atoms with Crippen LogP contribution in [-0.4, -0.2) is 12.9 Å². The fraction of sp³-hybridized carbons (Fsp3) is 0.0625. The van der Waals surface area contributed by atoms with E-state index in [-0.39, 0.29) is 5.78 Å². The molecule has 96 valence electrons. The molecule has 0 heterocycles. The molecule has 0 radical (unpaired) electrons. The normalized spacial score (nSPS) is 10.6. The molecule has 0 aliphatic heterocycles. The van der Waals surface area contributed by atoms with Crippen molar-refractivity contribution in [2.24, 2.45) is 0 Å². The van der Waals surface area contributed by atoms with E-state index in [1.807, 2.05) is 12.1 Å². The van der Waals surface area contributed by atoms with Gasteiger partial charge in [-0.05, 0) is 35.9 Å². The first-order valence-corrected chi connectivity index (χ1v) is 6.19. The van der Waals surface area contributed by atoms with Crippen molar-refractivity contribution in [2.75, 3.05) is 7.11 Å². The largest absolute Gasteiger partial charge is 0.497 e. The van der Waals surface area contributed by atoms with Gasteiger partial charge in [-0.1, -0.05) is 41.9 Å². The molecular weight excluding hydrogens is 260 g/mol. The number of allylic oxidation sites excluding steroid dienone is 1. The first-order valence-electron chi connectivity index (χ1n) is 5.81. The molecule has 0 aromatic heterocycles. The van der Waals surface area contributed by atoms with Gasteiger partial charge in [0.1, 0.15) is 5.75 Å². The fourth-order valence-electron chi connectivity index (χ4n) is 1.65. The second-order valence-corrected chi connectivity index (χ2v) is 4.42. The van der Waals surface area contributed by atoms with E-state index in [1.54, 1.807) is 49.6 Å². The Morgan fingerprint density at radius 3 is 2.68 bits per heavy atom. The van der Waals surface area contributed by atoms with E-state index in [0.717, 1.165) is 5.56 Å². The van der Waals surface area contributed by atoms with Crippen LogP contribution in [0.3, 0.4) is 0 Å². The summed E-state index contributed by atoms with van der Waals surface area (Å²) in [4.78, 5) is 12.0. The summed E-state index contributed by atoms with van der Waals surface area (Å²) < 4.78 is 5.09. The number of rotatable bonds is 4. The van der Waals surface area contributed by atoms with Gasteiger partial charge >= 0.3 is 0 Å². The Labute approximate surface area is 117 Å². The van der Waals surface area contributed by atoms with Gasteiger partial charge in [-0.15, -0.1) is 0 Å². The summed E-state index contributed by atoms with van der Waals surface area (Å²) >= 11 is 5.88. The highest BCUT2D eigenvalue weighted by Gasteiger charge is 2.02. The molecule has 0 spiro atoms. The van der Waals surface area contributed by atoms with Gasteiger partial charge in [0.2, 0.25) is 0 Å². The van der Waals surface area contributed by atoms with E-state index in [1.165, 1.54) is 6.08 Å². The van der Waals surface area contributed by atoms with Crippen LogP contribution in [0.2, 0.25) is 5.02 Å². The minimum absolute atomic E-state index is 0.0705. The van der Waals surface area contributed by atoms with Gasteiger partial charge in [-0.2, -0.15) is 0 Å². The van der Waals surface area contributed by atoms with E-state index in [2.05, 4.69) is 0 Å². The average Bonchev–Trinajstić information content (AvgIpc) is 2.45. The van der Waals surface area contributed by atoms with Crippen molar-refractivity contribution in [3.63, 3.8) is 0 Å². The number of ether oxygens (including phenoxy) is 1. The highest BCUT2D eigenvalue weighted by atomic mass is 35.5. The Balaban J connectivity index is 2.16. The second kappa shape index (κ2) is 6.21. The van der Waals surface area contributed by atoms with Gasteiger partial charge in [-0.25, -0.2) is 0 Å². The van der Waals surface area contributed by atoms with Crippen molar-refractivity contribution in [1.82, 2.24) is 0 Å². The summed E-state index contributed by atoms with van der Waals surface area (Å²) in [5.74, 6) is 0.598. The lowest BCUT2D eigenvalue weighted by Crippen LogP contribution is -1.94. The quantitative estimate of drug-likeness (QED) is 0.614. The Hall–Kier alpha value is -2.06. The molecule has 2 aromatic carbocycles. The number of hydrogen-bond acceptors (Lipinski definition) is 2. The average molecular weight is 273 g/mol. The Morgan fingerprint density at radius 1 is 1.16 bits per heavy atom. The lowest BCUT2D eigenvalue weighted by atomic mass is 10.1. The summed E-state index contributed by atoms with van der Waals surface area (Å²) in [5.41, 5.74) is 1.49. The zero-order valence-corrected chi connectivity index (χ0v) is 11.2. The minimum Gasteiger partial charge on any atom is -0.497 e. The summed E-state index contributed by atoms with van der Waals surface area (Å²) in [6.45, 7) is 0. The first-order chi connectivity index (χ1) is 9.19. The van der Waals surface area contributed by atoms with Crippen molar-refractivity contribution < 1.29 is 9.53 Å². The van der Waals surface area contributed by atoms with E-state index >= 15 is 0 Å². The zero-order valence-electron chi connectivity index (χ0n) is 10.5. The Kier molecular flexibility index (Phi) is 4.37. The predicted octanol–water partition coefficient (Wildman–Crippen LogP) is 4.24. The summed E-state index contributed by atoms with van der Waals surface area (Å²) in [7, 11) is 1.57. The van der Waals surface area contributed by atoms with Gasteiger partial charge in [0.15, 0.2) is 5.78 Å². The number of halogens is 1. The smallest absolute Gasteiger partial charge is 0.185 e. The molecule has 0 fully saturated rings. The van der Waals surface area contributed by atoms with Crippen molar-refractivity contribution in [1.29, 1.82) is 0 Å². The molecule has 0 bridgehead atoms. The number of benzene rings is 2. The molecule has 0 saturated heterocycles. The molecule has 0 amide bonds. The molecule has 0 unspecified atom stereocenters. The van der Waals surface area contributed by atoms with Crippen LogP contribution in [0.1, 0.15) is 15.9 Å². The van der Waals surface area contributed by atoms with Crippen LogP contribution in [-0.2, 0) is 0 Å².